The molecule has 3 rings (SSSR count). The van der Waals surface area contributed by atoms with Gasteiger partial charge in [-0.05, 0) is 46.5 Å². The largest absolute Gasteiger partial charge is 0.218 e. The van der Waals surface area contributed by atoms with Crippen LogP contribution in [-0.2, 0) is 0 Å². The van der Waals surface area contributed by atoms with Gasteiger partial charge in [0.2, 0.25) is 5.16 Å². The Hall–Kier alpha value is -3.16. The van der Waals surface area contributed by atoms with Crippen molar-refractivity contribution in [2.45, 2.75) is 10.1 Å². The first-order valence-electron chi connectivity index (χ1n) is 6.28. The van der Waals surface area contributed by atoms with Gasteiger partial charge in [-0.2, -0.15) is 15.2 Å². The van der Waals surface area contributed by atoms with E-state index in [0.29, 0.717) is 21.2 Å². The Morgan fingerprint density at radius 2 is 1.59 bits per heavy atom. The van der Waals surface area contributed by atoms with E-state index in [-0.39, 0.29) is 0 Å². The first kappa shape index (κ1) is 13.8. The maximum Gasteiger partial charge on any atom is 0.218 e. The summed E-state index contributed by atoms with van der Waals surface area (Å²) < 4.78 is 1.57. The van der Waals surface area contributed by atoms with Crippen LogP contribution in [-0.4, -0.2) is 20.2 Å². The zero-order valence-corrected chi connectivity index (χ0v) is 12.0. The number of benzene rings is 2. The summed E-state index contributed by atoms with van der Waals surface area (Å²) in [5.41, 5.74) is 1.65. The van der Waals surface area contributed by atoms with E-state index in [1.54, 1.807) is 22.9 Å². The number of hydrogen-bond donors (Lipinski definition) is 0. The number of nitriles is 2. The summed E-state index contributed by atoms with van der Waals surface area (Å²) >= 11 is 1.20. The van der Waals surface area contributed by atoms with E-state index in [1.165, 1.54) is 11.8 Å². The lowest BCUT2D eigenvalue weighted by molar-refractivity contribution is 0.756. The Labute approximate surface area is 130 Å². The highest BCUT2D eigenvalue weighted by Gasteiger charge is 2.15. The van der Waals surface area contributed by atoms with Crippen LogP contribution in [0, 0.1) is 22.7 Å². The zero-order chi connectivity index (χ0) is 15.4. The minimum Gasteiger partial charge on any atom is -0.192 e. The Morgan fingerprint density at radius 1 is 0.909 bits per heavy atom. The molecule has 0 saturated carbocycles. The average molecular weight is 304 g/mol. The summed E-state index contributed by atoms with van der Waals surface area (Å²) in [5.74, 6) is 0. The van der Waals surface area contributed by atoms with Crippen LogP contribution in [0.4, 0.5) is 0 Å². The van der Waals surface area contributed by atoms with Gasteiger partial charge >= 0.3 is 0 Å². The Kier molecular flexibility index (Phi) is 3.82. The van der Waals surface area contributed by atoms with Gasteiger partial charge < -0.3 is 0 Å². The van der Waals surface area contributed by atoms with Crippen molar-refractivity contribution in [3.63, 3.8) is 0 Å². The van der Waals surface area contributed by atoms with E-state index in [9.17, 15) is 10.5 Å². The molecule has 6 nitrogen and oxygen atoms in total. The average Bonchev–Trinajstić information content (AvgIpc) is 3.04. The second-order valence-electron chi connectivity index (χ2n) is 4.22. The quantitative estimate of drug-likeness (QED) is 0.738. The Balaban J connectivity index is 2.05. The number of hydrogen-bond acceptors (Lipinski definition) is 6. The molecule has 0 radical (unpaired) electrons. The van der Waals surface area contributed by atoms with Crippen molar-refractivity contribution < 1.29 is 0 Å². The SMILES string of the molecule is N#Cc1cccc(C#N)c1Sc1nnnn1-c1ccccc1. The summed E-state index contributed by atoms with van der Waals surface area (Å²) in [4.78, 5) is 0.555. The van der Waals surface area contributed by atoms with E-state index in [4.69, 9.17) is 0 Å². The van der Waals surface area contributed by atoms with Crippen LogP contribution in [0.1, 0.15) is 11.1 Å². The van der Waals surface area contributed by atoms with Crippen molar-refractivity contribution in [1.29, 1.82) is 10.5 Å². The van der Waals surface area contributed by atoms with Gasteiger partial charge in [0.15, 0.2) is 0 Å². The lowest BCUT2D eigenvalue weighted by atomic mass is 10.1. The second-order valence-corrected chi connectivity index (χ2v) is 5.19. The minimum absolute atomic E-state index is 0.423. The number of aromatic nitrogens is 4. The standard InChI is InChI=1S/C15H8N6S/c16-9-11-5-4-6-12(10-17)14(11)22-15-18-19-20-21(15)13-7-2-1-3-8-13/h1-8H. The molecule has 0 aliphatic rings. The third kappa shape index (κ3) is 2.53. The van der Waals surface area contributed by atoms with Gasteiger partial charge in [-0.3, -0.25) is 0 Å². The summed E-state index contributed by atoms with van der Waals surface area (Å²) in [7, 11) is 0. The molecule has 2 aromatic carbocycles. The van der Waals surface area contributed by atoms with Gasteiger partial charge in [-0.25, -0.2) is 0 Å². The lowest BCUT2D eigenvalue weighted by Crippen LogP contribution is -1.99. The van der Waals surface area contributed by atoms with E-state index in [0.717, 1.165) is 5.69 Å². The molecule has 1 heterocycles. The fourth-order valence-electron chi connectivity index (χ4n) is 1.89. The van der Waals surface area contributed by atoms with E-state index in [1.807, 2.05) is 30.3 Å². The third-order valence-electron chi connectivity index (χ3n) is 2.89. The molecule has 0 unspecified atom stereocenters. The summed E-state index contributed by atoms with van der Waals surface area (Å²) in [6, 6.07) is 18.6. The maximum atomic E-state index is 9.22. The van der Waals surface area contributed by atoms with Gasteiger partial charge in [0.25, 0.3) is 0 Å². The van der Waals surface area contributed by atoms with Crippen LogP contribution in [0.15, 0.2) is 58.6 Å². The second kappa shape index (κ2) is 6.08. The molecule has 0 spiro atoms. The van der Waals surface area contributed by atoms with Gasteiger partial charge in [-0.1, -0.05) is 24.3 Å². The predicted octanol–water partition coefficient (Wildman–Crippen LogP) is 2.56. The van der Waals surface area contributed by atoms with Gasteiger partial charge in [0.1, 0.15) is 12.1 Å². The molecule has 0 N–H and O–H groups in total. The van der Waals surface area contributed by atoms with E-state index >= 15 is 0 Å². The fraction of sp³-hybridized carbons (Fsp3) is 0. The fourth-order valence-corrected chi connectivity index (χ4v) is 2.82. The summed E-state index contributed by atoms with van der Waals surface area (Å²) in [6.07, 6.45) is 0. The molecule has 0 bridgehead atoms. The minimum atomic E-state index is 0.423. The molecule has 0 aliphatic heterocycles. The van der Waals surface area contributed by atoms with Crippen molar-refractivity contribution >= 4 is 11.8 Å². The van der Waals surface area contributed by atoms with Crippen molar-refractivity contribution in [3.05, 3.63) is 59.7 Å². The number of rotatable bonds is 3. The van der Waals surface area contributed by atoms with Crippen LogP contribution in [0.25, 0.3) is 5.69 Å². The smallest absolute Gasteiger partial charge is 0.192 e. The molecule has 1 aromatic heterocycles. The number of para-hydroxylation sites is 1. The molecule has 0 saturated heterocycles. The summed E-state index contributed by atoms with van der Waals surface area (Å²) in [6.45, 7) is 0. The van der Waals surface area contributed by atoms with E-state index < -0.39 is 0 Å². The van der Waals surface area contributed by atoms with Crippen LogP contribution in [0.3, 0.4) is 0 Å². The first-order valence-corrected chi connectivity index (χ1v) is 7.10. The molecular weight excluding hydrogens is 296 g/mol. The normalized spacial score (nSPS) is 9.91. The van der Waals surface area contributed by atoms with E-state index in [2.05, 4.69) is 27.7 Å². The molecule has 104 valence electrons. The Bertz CT molecular complexity index is 856. The summed E-state index contributed by atoms with van der Waals surface area (Å²) in [5, 5.41) is 30.6. The van der Waals surface area contributed by atoms with Crippen LogP contribution >= 0.6 is 11.8 Å². The lowest BCUT2D eigenvalue weighted by Gasteiger charge is -2.06. The van der Waals surface area contributed by atoms with Crippen LogP contribution < -0.4 is 0 Å². The van der Waals surface area contributed by atoms with Crippen LogP contribution in [0.5, 0.6) is 0 Å². The first-order chi connectivity index (χ1) is 10.8. The highest BCUT2D eigenvalue weighted by atomic mass is 32.2. The third-order valence-corrected chi connectivity index (χ3v) is 3.97. The monoisotopic (exact) mass is 304 g/mol. The van der Waals surface area contributed by atoms with Crippen LogP contribution in [0.2, 0.25) is 0 Å². The molecular formula is C15H8N6S. The van der Waals surface area contributed by atoms with Crippen molar-refractivity contribution in [3.8, 4) is 17.8 Å². The molecule has 3 aromatic rings. The predicted molar refractivity (Wildman–Crippen MR) is 79.1 cm³/mol. The Morgan fingerprint density at radius 3 is 2.23 bits per heavy atom. The molecule has 0 aliphatic carbocycles. The van der Waals surface area contributed by atoms with Gasteiger partial charge in [-0.15, -0.1) is 5.10 Å². The number of nitrogens with zero attached hydrogens (tertiary/aromatic N) is 6. The molecule has 0 atom stereocenters. The number of tetrazole rings is 1. The molecule has 22 heavy (non-hydrogen) atoms. The van der Waals surface area contributed by atoms with Gasteiger partial charge in [0, 0.05) is 0 Å². The van der Waals surface area contributed by atoms with Gasteiger partial charge in [0.05, 0.1) is 21.7 Å². The zero-order valence-electron chi connectivity index (χ0n) is 11.2. The topological polar surface area (TPSA) is 91.2 Å². The highest BCUT2D eigenvalue weighted by molar-refractivity contribution is 7.99. The highest BCUT2D eigenvalue weighted by Crippen LogP contribution is 2.32. The molecule has 0 fully saturated rings. The van der Waals surface area contributed by atoms with Crippen molar-refractivity contribution in [2.75, 3.05) is 0 Å². The maximum absolute atomic E-state index is 9.22. The molecule has 0 amide bonds. The molecule has 7 heteroatoms. The van der Waals surface area contributed by atoms with Crippen molar-refractivity contribution in [1.82, 2.24) is 20.2 Å². The van der Waals surface area contributed by atoms with Crippen molar-refractivity contribution in [2.24, 2.45) is 0 Å².